The van der Waals surface area contributed by atoms with Gasteiger partial charge in [-0.25, -0.2) is 9.78 Å². The summed E-state index contributed by atoms with van der Waals surface area (Å²) in [5.74, 6) is 0.166. The summed E-state index contributed by atoms with van der Waals surface area (Å²) in [6.07, 6.45) is 1.70. The minimum atomic E-state index is -1.30. The number of rotatable bonds is 10. The second-order valence-electron chi connectivity index (χ2n) is 8.54. The maximum atomic E-state index is 11.4. The number of aliphatic carboxylic acids is 1. The summed E-state index contributed by atoms with van der Waals surface area (Å²) in [5, 5.41) is 12.9. The van der Waals surface area contributed by atoms with Crippen molar-refractivity contribution in [1.29, 1.82) is 0 Å². The number of aryl methyl sites for hydroxylation is 1. The molecule has 0 aliphatic heterocycles. The van der Waals surface area contributed by atoms with Gasteiger partial charge in [0.05, 0.1) is 6.04 Å². The zero-order chi connectivity index (χ0) is 23.3. The van der Waals surface area contributed by atoms with Gasteiger partial charge in [0.25, 0.3) is 0 Å². The molecule has 4 rings (SSSR count). The van der Waals surface area contributed by atoms with E-state index in [9.17, 15) is 9.90 Å². The van der Waals surface area contributed by atoms with Crippen molar-refractivity contribution in [2.45, 2.75) is 44.9 Å². The van der Waals surface area contributed by atoms with Crippen molar-refractivity contribution in [2.75, 3.05) is 0 Å². The third-order valence-electron chi connectivity index (χ3n) is 5.51. The highest BCUT2D eigenvalue weighted by molar-refractivity contribution is 5.76. The molecule has 1 unspecified atom stereocenters. The lowest BCUT2D eigenvalue weighted by Gasteiger charge is -2.22. The summed E-state index contributed by atoms with van der Waals surface area (Å²) in [7, 11) is 0. The highest BCUT2D eigenvalue weighted by Gasteiger charge is 2.29. The van der Waals surface area contributed by atoms with Gasteiger partial charge < -0.3 is 19.6 Å². The molecule has 0 aliphatic carbocycles. The number of para-hydroxylation sites is 2. The van der Waals surface area contributed by atoms with E-state index in [2.05, 4.69) is 17.4 Å². The largest absolute Gasteiger partial charge is 0.478 e. The number of ether oxygens (including phenoxy) is 1. The van der Waals surface area contributed by atoms with Crippen LogP contribution in [-0.2, 0) is 17.8 Å². The number of oxazole rings is 1. The van der Waals surface area contributed by atoms with Gasteiger partial charge in [-0.05, 0) is 62.1 Å². The molecule has 0 saturated heterocycles. The van der Waals surface area contributed by atoms with Crippen LogP contribution in [0.1, 0.15) is 43.3 Å². The molecule has 0 amide bonds. The number of fused-ring (bicyclic) bond motifs is 1. The first-order valence-electron chi connectivity index (χ1n) is 11.0. The first-order valence-corrected chi connectivity index (χ1v) is 11.0. The Hall–Kier alpha value is -3.64. The lowest BCUT2D eigenvalue weighted by Crippen LogP contribution is -2.37. The van der Waals surface area contributed by atoms with Crippen LogP contribution in [0.4, 0.5) is 0 Å². The van der Waals surface area contributed by atoms with E-state index >= 15 is 0 Å². The van der Waals surface area contributed by atoms with Gasteiger partial charge in [-0.1, -0.05) is 54.6 Å². The van der Waals surface area contributed by atoms with E-state index in [1.54, 1.807) is 6.07 Å². The van der Waals surface area contributed by atoms with Gasteiger partial charge in [0.2, 0.25) is 5.89 Å². The Morgan fingerprint density at radius 3 is 2.52 bits per heavy atom. The first kappa shape index (κ1) is 22.6. The molecule has 0 radical (unpaired) electrons. The van der Waals surface area contributed by atoms with Crippen LogP contribution in [0.5, 0.6) is 5.75 Å². The molecule has 6 heteroatoms. The van der Waals surface area contributed by atoms with Crippen molar-refractivity contribution < 1.29 is 19.1 Å². The average molecular weight is 445 g/mol. The molecular weight excluding hydrogens is 416 g/mol. The summed E-state index contributed by atoms with van der Waals surface area (Å²) in [5.41, 5.74) is 2.54. The van der Waals surface area contributed by atoms with Crippen molar-refractivity contribution in [3.8, 4) is 5.75 Å². The minimum absolute atomic E-state index is 0.0855. The fourth-order valence-corrected chi connectivity index (χ4v) is 3.61. The zero-order valence-electron chi connectivity index (χ0n) is 18.8. The first-order chi connectivity index (χ1) is 15.9. The highest BCUT2D eigenvalue weighted by atomic mass is 16.5. The van der Waals surface area contributed by atoms with Gasteiger partial charge >= 0.3 is 5.97 Å². The Labute approximate surface area is 193 Å². The lowest BCUT2D eigenvalue weighted by atomic mass is 10.0. The third-order valence-corrected chi connectivity index (χ3v) is 5.51. The van der Waals surface area contributed by atoms with E-state index < -0.39 is 11.6 Å². The van der Waals surface area contributed by atoms with Crippen LogP contribution < -0.4 is 10.1 Å². The topological polar surface area (TPSA) is 84.6 Å². The average Bonchev–Trinajstić information content (AvgIpc) is 3.24. The Bertz CT molecular complexity index is 1180. The molecule has 2 N–H and O–H groups in total. The van der Waals surface area contributed by atoms with Crippen LogP contribution in [0.2, 0.25) is 0 Å². The van der Waals surface area contributed by atoms with Gasteiger partial charge in [0.15, 0.2) is 11.2 Å². The summed E-state index contributed by atoms with van der Waals surface area (Å²) in [4.78, 5) is 16.1. The van der Waals surface area contributed by atoms with E-state index in [4.69, 9.17) is 14.1 Å². The summed E-state index contributed by atoms with van der Waals surface area (Å²) in [6, 6.07) is 25.5. The number of carboxylic acids is 1. The van der Waals surface area contributed by atoms with E-state index in [1.165, 1.54) is 19.4 Å². The highest BCUT2D eigenvalue weighted by Crippen LogP contribution is 2.25. The molecule has 3 aromatic carbocycles. The molecule has 0 saturated carbocycles. The standard InChI is InChI=1S/C27H28N2O4/c1-27(2,26(30)31)33-21-12-8-11-20(17-21)18-28-23(16-15-19-9-4-3-5-10-19)25-29-22-13-6-7-14-24(22)32-25/h3-14,17,23,28H,15-16,18H2,1-2H3,(H,30,31). The van der Waals surface area contributed by atoms with Crippen LogP contribution in [-0.4, -0.2) is 21.7 Å². The molecular formula is C27H28N2O4. The molecule has 0 spiro atoms. The Morgan fingerprint density at radius 1 is 1.03 bits per heavy atom. The quantitative estimate of drug-likeness (QED) is 0.334. The predicted molar refractivity (Wildman–Crippen MR) is 127 cm³/mol. The fraction of sp³-hybridized carbons (Fsp3) is 0.259. The number of benzene rings is 3. The number of nitrogens with one attached hydrogen (secondary N) is 1. The molecule has 6 nitrogen and oxygen atoms in total. The predicted octanol–water partition coefficient (Wildman–Crippen LogP) is 5.53. The molecule has 4 aromatic rings. The SMILES string of the molecule is CC(C)(Oc1cccc(CNC(CCc2ccccc2)c2nc3ccccc3o2)c1)C(=O)O. The molecule has 170 valence electrons. The van der Waals surface area contributed by atoms with Crippen LogP contribution in [0.15, 0.2) is 83.3 Å². The monoisotopic (exact) mass is 444 g/mol. The number of hydrogen-bond donors (Lipinski definition) is 2. The fourth-order valence-electron chi connectivity index (χ4n) is 3.61. The molecule has 0 fully saturated rings. The molecule has 1 heterocycles. The van der Waals surface area contributed by atoms with Crippen LogP contribution in [0.25, 0.3) is 11.1 Å². The second-order valence-corrected chi connectivity index (χ2v) is 8.54. The third kappa shape index (κ3) is 5.79. The maximum absolute atomic E-state index is 11.4. The summed E-state index contributed by atoms with van der Waals surface area (Å²) < 4.78 is 11.7. The van der Waals surface area contributed by atoms with E-state index in [1.807, 2.05) is 60.7 Å². The summed E-state index contributed by atoms with van der Waals surface area (Å²) in [6.45, 7) is 3.63. The Kier molecular flexibility index (Phi) is 6.75. The van der Waals surface area contributed by atoms with Crippen molar-refractivity contribution >= 4 is 17.1 Å². The van der Waals surface area contributed by atoms with Crippen molar-refractivity contribution in [2.24, 2.45) is 0 Å². The van der Waals surface area contributed by atoms with E-state index in [0.717, 1.165) is 29.5 Å². The molecule has 0 aliphatic rings. The summed E-state index contributed by atoms with van der Waals surface area (Å²) >= 11 is 0. The Balaban J connectivity index is 1.50. The lowest BCUT2D eigenvalue weighted by molar-refractivity contribution is -0.152. The van der Waals surface area contributed by atoms with Gasteiger partial charge in [0, 0.05) is 6.54 Å². The van der Waals surface area contributed by atoms with Gasteiger partial charge in [-0.15, -0.1) is 0 Å². The molecule has 33 heavy (non-hydrogen) atoms. The normalized spacial score (nSPS) is 12.5. The number of hydrogen-bond acceptors (Lipinski definition) is 5. The van der Waals surface area contributed by atoms with Crippen molar-refractivity contribution in [3.05, 3.63) is 95.9 Å². The zero-order valence-corrected chi connectivity index (χ0v) is 18.8. The molecule has 1 atom stereocenters. The van der Waals surface area contributed by atoms with Gasteiger partial charge in [0.1, 0.15) is 11.3 Å². The van der Waals surface area contributed by atoms with Crippen LogP contribution in [0, 0.1) is 0 Å². The number of aromatic nitrogens is 1. The molecule has 1 aromatic heterocycles. The smallest absolute Gasteiger partial charge is 0.347 e. The van der Waals surface area contributed by atoms with Crippen molar-refractivity contribution in [1.82, 2.24) is 10.3 Å². The van der Waals surface area contributed by atoms with Crippen molar-refractivity contribution in [3.63, 3.8) is 0 Å². The number of nitrogens with zero attached hydrogens (tertiary/aromatic N) is 1. The number of carbonyl (C=O) groups is 1. The van der Waals surface area contributed by atoms with Crippen LogP contribution in [0.3, 0.4) is 0 Å². The van der Waals surface area contributed by atoms with Gasteiger partial charge in [-0.2, -0.15) is 0 Å². The van der Waals surface area contributed by atoms with Gasteiger partial charge in [-0.3, -0.25) is 0 Å². The Morgan fingerprint density at radius 2 is 1.76 bits per heavy atom. The molecule has 0 bridgehead atoms. The maximum Gasteiger partial charge on any atom is 0.347 e. The number of carboxylic acid groups (broad SMARTS) is 1. The van der Waals surface area contributed by atoms with E-state index in [-0.39, 0.29) is 6.04 Å². The second kappa shape index (κ2) is 9.88. The van der Waals surface area contributed by atoms with Crippen LogP contribution >= 0.6 is 0 Å². The van der Waals surface area contributed by atoms with E-state index in [0.29, 0.717) is 18.2 Å². The minimum Gasteiger partial charge on any atom is -0.478 e.